The number of carbonyl (C=O) groups is 2. The second kappa shape index (κ2) is 14.0. The van der Waals surface area contributed by atoms with Crippen molar-refractivity contribution >= 4 is 51.0 Å². The summed E-state index contributed by atoms with van der Waals surface area (Å²) in [4.78, 5) is 25.1. The maximum atomic E-state index is 13.6. The number of anilines is 2. The molecule has 2 N–H and O–H groups in total. The van der Waals surface area contributed by atoms with E-state index in [9.17, 15) is 18.0 Å². The van der Waals surface area contributed by atoms with E-state index in [1.807, 2.05) is 38.1 Å². The van der Waals surface area contributed by atoms with Crippen LogP contribution in [-0.4, -0.2) is 39.6 Å². The number of sulfonamides is 1. The Balaban J connectivity index is 1.37. The lowest BCUT2D eigenvalue weighted by Crippen LogP contribution is -2.40. The Morgan fingerprint density at radius 1 is 0.860 bits per heavy atom. The van der Waals surface area contributed by atoms with Crippen LogP contribution in [0.15, 0.2) is 101 Å². The molecular weight excluding hydrogens is 588 g/mol. The van der Waals surface area contributed by atoms with Crippen molar-refractivity contribution in [2.75, 3.05) is 22.8 Å². The molecule has 43 heavy (non-hydrogen) atoms. The minimum absolute atomic E-state index is 0.0543. The minimum Gasteiger partial charge on any atom is -0.484 e. The number of rotatable bonds is 11. The highest BCUT2D eigenvalue weighted by Gasteiger charge is 2.28. The zero-order chi connectivity index (χ0) is 31.0. The maximum absolute atomic E-state index is 13.6. The van der Waals surface area contributed by atoms with Crippen LogP contribution in [0.5, 0.6) is 5.75 Å². The normalized spacial score (nSPS) is 11.3. The molecule has 0 unspecified atom stereocenters. The molecule has 4 aromatic carbocycles. The van der Waals surface area contributed by atoms with Crippen molar-refractivity contribution in [3.63, 3.8) is 0 Å². The van der Waals surface area contributed by atoms with Gasteiger partial charge in [0, 0.05) is 10.7 Å². The van der Waals surface area contributed by atoms with Crippen LogP contribution in [-0.2, 0) is 19.6 Å². The Labute approximate surface area is 256 Å². The molecule has 2 amide bonds. The molecule has 9 nitrogen and oxygen atoms in total. The average molecular weight is 619 g/mol. The third kappa shape index (κ3) is 8.67. The number of aryl methyl sites for hydroxylation is 3. The number of nitrogens with one attached hydrogen (secondary N) is 2. The van der Waals surface area contributed by atoms with Gasteiger partial charge in [0.25, 0.3) is 21.8 Å². The predicted octanol–water partition coefficient (Wildman–Crippen LogP) is 5.63. The molecule has 4 rings (SSSR count). The molecule has 0 aliphatic heterocycles. The SMILES string of the molecule is Cc1ccc(NC(=O)COc2ccc(/C=N\NC(=O)CN(c3ccc(Cl)cc3C)S(=O)(=O)c3ccc(C)cc3)cc2)cc1. The molecule has 0 atom stereocenters. The van der Waals surface area contributed by atoms with Crippen LogP contribution in [0.3, 0.4) is 0 Å². The first-order chi connectivity index (χ1) is 20.5. The summed E-state index contributed by atoms with van der Waals surface area (Å²) in [5.74, 6) is -0.444. The molecule has 222 valence electrons. The molecule has 11 heteroatoms. The maximum Gasteiger partial charge on any atom is 0.264 e. The zero-order valence-corrected chi connectivity index (χ0v) is 25.4. The largest absolute Gasteiger partial charge is 0.484 e. The van der Waals surface area contributed by atoms with Crippen LogP contribution >= 0.6 is 11.6 Å². The third-order valence-corrected chi connectivity index (χ3v) is 8.32. The summed E-state index contributed by atoms with van der Waals surface area (Å²) in [7, 11) is -4.08. The average Bonchev–Trinajstić information content (AvgIpc) is 2.97. The summed E-state index contributed by atoms with van der Waals surface area (Å²) < 4.78 is 33.7. The summed E-state index contributed by atoms with van der Waals surface area (Å²) in [6, 6.07) is 25.4. The molecular formula is C32H31ClN4O5S. The number of carbonyl (C=O) groups excluding carboxylic acids is 2. The molecule has 0 radical (unpaired) electrons. The molecule has 0 aromatic heterocycles. The van der Waals surface area contributed by atoms with Gasteiger partial charge in [-0.1, -0.05) is 47.0 Å². The van der Waals surface area contributed by atoms with Gasteiger partial charge >= 0.3 is 0 Å². The van der Waals surface area contributed by atoms with Crippen molar-refractivity contribution in [3.8, 4) is 5.75 Å². The molecule has 4 aromatic rings. The van der Waals surface area contributed by atoms with E-state index in [4.69, 9.17) is 16.3 Å². The highest BCUT2D eigenvalue weighted by atomic mass is 35.5. The number of ether oxygens (including phenoxy) is 1. The van der Waals surface area contributed by atoms with Crippen molar-refractivity contribution in [1.82, 2.24) is 5.43 Å². The van der Waals surface area contributed by atoms with E-state index in [0.717, 1.165) is 15.4 Å². The first-order valence-electron chi connectivity index (χ1n) is 13.3. The van der Waals surface area contributed by atoms with E-state index in [1.165, 1.54) is 18.3 Å². The van der Waals surface area contributed by atoms with Crippen molar-refractivity contribution in [2.45, 2.75) is 25.7 Å². The lowest BCUT2D eigenvalue weighted by atomic mass is 10.2. The summed E-state index contributed by atoms with van der Waals surface area (Å²) >= 11 is 6.09. The fourth-order valence-electron chi connectivity index (χ4n) is 4.01. The number of nitrogens with zero attached hydrogens (tertiary/aromatic N) is 2. The second-order valence-electron chi connectivity index (χ2n) is 9.82. The topological polar surface area (TPSA) is 117 Å². The summed E-state index contributed by atoms with van der Waals surface area (Å²) in [5.41, 5.74) is 6.65. The third-order valence-electron chi connectivity index (χ3n) is 6.31. The second-order valence-corrected chi connectivity index (χ2v) is 12.1. The van der Waals surface area contributed by atoms with Crippen LogP contribution in [0.25, 0.3) is 0 Å². The summed E-state index contributed by atoms with van der Waals surface area (Å²) in [5, 5.41) is 7.19. The molecule has 0 saturated carbocycles. The lowest BCUT2D eigenvalue weighted by Gasteiger charge is -2.25. The molecule has 0 aliphatic carbocycles. The molecule has 0 spiro atoms. The number of halogens is 1. The zero-order valence-electron chi connectivity index (χ0n) is 23.9. The number of hydrazone groups is 1. The molecule has 0 bridgehead atoms. The fourth-order valence-corrected chi connectivity index (χ4v) is 5.73. The molecule has 0 saturated heterocycles. The van der Waals surface area contributed by atoms with Crippen molar-refractivity contribution in [3.05, 3.63) is 118 Å². The van der Waals surface area contributed by atoms with Crippen LogP contribution in [0.4, 0.5) is 11.4 Å². The van der Waals surface area contributed by atoms with Gasteiger partial charge in [-0.05, 0) is 98.6 Å². The van der Waals surface area contributed by atoms with E-state index in [0.29, 0.717) is 33.3 Å². The monoisotopic (exact) mass is 618 g/mol. The van der Waals surface area contributed by atoms with Gasteiger partial charge in [-0.2, -0.15) is 5.10 Å². The first-order valence-corrected chi connectivity index (χ1v) is 15.1. The van der Waals surface area contributed by atoms with Gasteiger partial charge in [0.2, 0.25) is 0 Å². The number of amides is 2. The van der Waals surface area contributed by atoms with Gasteiger partial charge in [-0.25, -0.2) is 13.8 Å². The Kier molecular flexibility index (Phi) is 10.2. The molecule has 0 aliphatic rings. The van der Waals surface area contributed by atoms with Gasteiger partial charge in [0.1, 0.15) is 12.3 Å². The Bertz CT molecular complexity index is 1720. The van der Waals surface area contributed by atoms with Gasteiger partial charge in [-0.15, -0.1) is 0 Å². The van der Waals surface area contributed by atoms with Gasteiger partial charge in [-0.3, -0.25) is 13.9 Å². The number of hydrogen-bond acceptors (Lipinski definition) is 6. The smallest absolute Gasteiger partial charge is 0.264 e. The quantitative estimate of drug-likeness (QED) is 0.167. The summed E-state index contributed by atoms with van der Waals surface area (Å²) in [6.07, 6.45) is 1.41. The lowest BCUT2D eigenvalue weighted by molar-refractivity contribution is -0.119. The number of hydrogen-bond donors (Lipinski definition) is 2. The standard InChI is InChI=1S/C32H31ClN4O5S/c1-22-4-11-27(12-5-22)35-32(39)21-42-28-13-8-25(9-14-28)19-34-36-31(38)20-37(30-17-10-26(33)18-24(30)3)43(40,41)29-15-6-23(2)7-16-29/h4-19H,20-21H2,1-3H3,(H,35,39)(H,36,38)/b34-19-. The fraction of sp³-hybridized carbons (Fsp3) is 0.156. The molecule has 0 heterocycles. The molecule has 0 fully saturated rings. The van der Waals surface area contributed by atoms with Gasteiger partial charge in [0.05, 0.1) is 16.8 Å². The predicted molar refractivity (Wildman–Crippen MR) is 169 cm³/mol. The van der Waals surface area contributed by atoms with Gasteiger partial charge in [0.15, 0.2) is 6.61 Å². The van der Waals surface area contributed by atoms with E-state index in [2.05, 4.69) is 15.8 Å². The van der Waals surface area contributed by atoms with E-state index in [1.54, 1.807) is 61.5 Å². The Morgan fingerprint density at radius 3 is 2.12 bits per heavy atom. The summed E-state index contributed by atoms with van der Waals surface area (Å²) in [6.45, 7) is 4.88. The Hall–Kier alpha value is -4.67. The van der Waals surface area contributed by atoms with Crippen LogP contribution in [0.1, 0.15) is 22.3 Å². The van der Waals surface area contributed by atoms with Crippen LogP contribution in [0, 0.1) is 20.8 Å². The van der Waals surface area contributed by atoms with Crippen molar-refractivity contribution in [2.24, 2.45) is 5.10 Å². The van der Waals surface area contributed by atoms with Crippen molar-refractivity contribution < 1.29 is 22.7 Å². The van der Waals surface area contributed by atoms with E-state index in [-0.39, 0.29) is 17.4 Å². The van der Waals surface area contributed by atoms with Crippen LogP contribution < -0.4 is 19.8 Å². The van der Waals surface area contributed by atoms with E-state index >= 15 is 0 Å². The highest BCUT2D eigenvalue weighted by molar-refractivity contribution is 7.92. The number of benzene rings is 4. The van der Waals surface area contributed by atoms with E-state index < -0.39 is 22.5 Å². The highest BCUT2D eigenvalue weighted by Crippen LogP contribution is 2.29. The van der Waals surface area contributed by atoms with Crippen molar-refractivity contribution in [1.29, 1.82) is 0 Å². The Morgan fingerprint density at radius 2 is 1.49 bits per heavy atom. The van der Waals surface area contributed by atoms with Gasteiger partial charge < -0.3 is 10.1 Å². The minimum atomic E-state index is -4.08. The first kappa shape index (κ1) is 31.3. The van der Waals surface area contributed by atoms with Crippen LogP contribution in [0.2, 0.25) is 5.02 Å².